The summed E-state index contributed by atoms with van der Waals surface area (Å²) in [6.45, 7) is 6.32. The quantitative estimate of drug-likeness (QED) is 0.875. The van der Waals surface area contributed by atoms with Crippen molar-refractivity contribution >= 4 is 11.6 Å². The molecule has 1 atom stereocenters. The van der Waals surface area contributed by atoms with E-state index in [1.54, 1.807) is 0 Å². The number of aryl methyl sites for hydroxylation is 3. The van der Waals surface area contributed by atoms with Crippen molar-refractivity contribution in [2.24, 2.45) is 5.73 Å². The number of rotatable bonds is 3. The van der Waals surface area contributed by atoms with Gasteiger partial charge in [0, 0.05) is 11.1 Å². The molecule has 0 aliphatic carbocycles. The molecule has 0 saturated carbocycles. The minimum absolute atomic E-state index is 0.0146. The van der Waals surface area contributed by atoms with Crippen molar-refractivity contribution < 1.29 is 0 Å². The summed E-state index contributed by atoms with van der Waals surface area (Å²) >= 11 is 6.06. The van der Waals surface area contributed by atoms with Gasteiger partial charge < -0.3 is 5.73 Å². The maximum Gasteiger partial charge on any atom is 0.0409 e. The third-order valence-electron chi connectivity index (χ3n) is 3.59. The molecule has 100 valence electrons. The molecule has 0 radical (unpaired) electrons. The van der Waals surface area contributed by atoms with Crippen LogP contribution in [0.3, 0.4) is 0 Å². The van der Waals surface area contributed by atoms with E-state index in [2.05, 4.69) is 39.0 Å². The lowest BCUT2D eigenvalue weighted by Crippen LogP contribution is -2.15. The van der Waals surface area contributed by atoms with Gasteiger partial charge in [-0.3, -0.25) is 0 Å². The molecule has 0 heterocycles. The van der Waals surface area contributed by atoms with Gasteiger partial charge in [0.1, 0.15) is 0 Å². The molecule has 0 spiro atoms. The van der Waals surface area contributed by atoms with Crippen molar-refractivity contribution in [3.63, 3.8) is 0 Å². The van der Waals surface area contributed by atoms with Gasteiger partial charge >= 0.3 is 0 Å². The second kappa shape index (κ2) is 5.77. The molecule has 0 saturated heterocycles. The molecular formula is C17H20ClN. The molecule has 0 aliphatic rings. The van der Waals surface area contributed by atoms with Crippen LogP contribution < -0.4 is 5.73 Å². The van der Waals surface area contributed by atoms with E-state index in [-0.39, 0.29) is 6.04 Å². The lowest BCUT2D eigenvalue weighted by Gasteiger charge is -2.17. The van der Waals surface area contributed by atoms with Gasteiger partial charge in [0.25, 0.3) is 0 Å². The Hall–Kier alpha value is -1.31. The maximum absolute atomic E-state index is 6.36. The highest BCUT2D eigenvalue weighted by molar-refractivity contribution is 6.30. The van der Waals surface area contributed by atoms with Crippen LogP contribution in [0, 0.1) is 20.8 Å². The van der Waals surface area contributed by atoms with Crippen LogP contribution in [0.2, 0.25) is 5.02 Å². The molecule has 1 nitrogen and oxygen atoms in total. The average Bonchev–Trinajstić information content (AvgIpc) is 2.36. The van der Waals surface area contributed by atoms with Gasteiger partial charge in [-0.15, -0.1) is 0 Å². The van der Waals surface area contributed by atoms with Crippen LogP contribution in [0.1, 0.15) is 33.9 Å². The van der Waals surface area contributed by atoms with E-state index in [9.17, 15) is 0 Å². The molecule has 2 N–H and O–H groups in total. The average molecular weight is 274 g/mol. The fourth-order valence-electron chi connectivity index (χ4n) is 2.38. The summed E-state index contributed by atoms with van der Waals surface area (Å²) in [7, 11) is 0. The van der Waals surface area contributed by atoms with Gasteiger partial charge in [0.15, 0.2) is 0 Å². The summed E-state index contributed by atoms with van der Waals surface area (Å²) < 4.78 is 0. The monoisotopic (exact) mass is 273 g/mol. The van der Waals surface area contributed by atoms with E-state index in [1.165, 1.54) is 22.3 Å². The SMILES string of the molecule is Cc1ccc(C)c(CC(N)c2cc(Cl)ccc2C)c1. The minimum atomic E-state index is -0.0146. The fraction of sp³-hybridized carbons (Fsp3) is 0.294. The summed E-state index contributed by atoms with van der Waals surface area (Å²) in [6.07, 6.45) is 0.842. The molecular weight excluding hydrogens is 254 g/mol. The third-order valence-corrected chi connectivity index (χ3v) is 3.82. The van der Waals surface area contributed by atoms with Crippen LogP contribution in [-0.4, -0.2) is 0 Å². The number of benzene rings is 2. The van der Waals surface area contributed by atoms with Crippen LogP contribution in [0.4, 0.5) is 0 Å². The molecule has 0 bridgehead atoms. The van der Waals surface area contributed by atoms with Gasteiger partial charge in [-0.1, -0.05) is 41.4 Å². The van der Waals surface area contributed by atoms with Crippen LogP contribution in [0.15, 0.2) is 36.4 Å². The topological polar surface area (TPSA) is 26.0 Å². The van der Waals surface area contributed by atoms with Gasteiger partial charge in [0.2, 0.25) is 0 Å². The lowest BCUT2D eigenvalue weighted by atomic mass is 9.93. The molecule has 0 amide bonds. The Labute approximate surface area is 120 Å². The van der Waals surface area contributed by atoms with E-state index < -0.39 is 0 Å². The molecule has 1 unspecified atom stereocenters. The van der Waals surface area contributed by atoms with Crippen LogP contribution >= 0.6 is 11.6 Å². The maximum atomic E-state index is 6.36. The summed E-state index contributed by atoms with van der Waals surface area (Å²) in [5.74, 6) is 0. The van der Waals surface area contributed by atoms with E-state index in [4.69, 9.17) is 17.3 Å². The highest BCUT2D eigenvalue weighted by Crippen LogP contribution is 2.24. The number of hydrogen-bond donors (Lipinski definition) is 1. The standard InChI is InChI=1S/C17H20ClN/c1-11-4-5-12(2)14(8-11)9-17(19)16-10-15(18)7-6-13(16)3/h4-8,10,17H,9,19H2,1-3H3. The molecule has 2 heteroatoms. The van der Waals surface area contributed by atoms with Crippen molar-refractivity contribution in [1.29, 1.82) is 0 Å². The first-order valence-electron chi connectivity index (χ1n) is 6.55. The zero-order valence-corrected chi connectivity index (χ0v) is 12.5. The molecule has 2 aromatic carbocycles. The molecule has 0 fully saturated rings. The van der Waals surface area contributed by atoms with E-state index >= 15 is 0 Å². The van der Waals surface area contributed by atoms with Crippen LogP contribution in [0.5, 0.6) is 0 Å². The van der Waals surface area contributed by atoms with Gasteiger partial charge in [-0.2, -0.15) is 0 Å². The Morgan fingerprint density at radius 1 is 1.00 bits per heavy atom. The summed E-state index contributed by atoms with van der Waals surface area (Å²) in [5, 5.41) is 0.747. The molecule has 2 aromatic rings. The number of nitrogens with two attached hydrogens (primary N) is 1. The predicted molar refractivity (Wildman–Crippen MR) is 82.7 cm³/mol. The van der Waals surface area contributed by atoms with Gasteiger partial charge in [-0.05, 0) is 61.6 Å². The zero-order chi connectivity index (χ0) is 14.0. The Balaban J connectivity index is 2.27. The number of hydrogen-bond acceptors (Lipinski definition) is 1. The number of halogens is 1. The Morgan fingerprint density at radius 2 is 1.68 bits per heavy atom. The fourth-order valence-corrected chi connectivity index (χ4v) is 2.56. The highest BCUT2D eigenvalue weighted by atomic mass is 35.5. The Kier molecular flexibility index (Phi) is 4.28. The molecule has 19 heavy (non-hydrogen) atoms. The highest BCUT2D eigenvalue weighted by Gasteiger charge is 2.12. The lowest BCUT2D eigenvalue weighted by molar-refractivity contribution is 0.713. The summed E-state index contributed by atoms with van der Waals surface area (Å²) in [5.41, 5.74) is 12.6. The van der Waals surface area contributed by atoms with E-state index in [0.29, 0.717) is 0 Å². The van der Waals surface area contributed by atoms with Crippen molar-refractivity contribution in [2.75, 3.05) is 0 Å². The molecule has 2 rings (SSSR count). The summed E-state index contributed by atoms with van der Waals surface area (Å²) in [4.78, 5) is 0. The van der Waals surface area contributed by atoms with E-state index in [0.717, 1.165) is 17.0 Å². The first-order chi connectivity index (χ1) is 8.97. The van der Waals surface area contributed by atoms with Gasteiger partial charge in [0.05, 0.1) is 0 Å². The molecule has 0 aliphatic heterocycles. The van der Waals surface area contributed by atoms with Crippen LogP contribution in [-0.2, 0) is 6.42 Å². The van der Waals surface area contributed by atoms with Crippen molar-refractivity contribution in [2.45, 2.75) is 33.2 Å². The largest absolute Gasteiger partial charge is 0.324 e. The first-order valence-corrected chi connectivity index (χ1v) is 6.93. The zero-order valence-electron chi connectivity index (χ0n) is 11.7. The summed E-state index contributed by atoms with van der Waals surface area (Å²) in [6, 6.07) is 12.4. The van der Waals surface area contributed by atoms with E-state index in [1.807, 2.05) is 18.2 Å². The van der Waals surface area contributed by atoms with Crippen LogP contribution in [0.25, 0.3) is 0 Å². The normalized spacial score (nSPS) is 12.5. The third kappa shape index (κ3) is 3.37. The first kappa shape index (κ1) is 14.1. The molecule has 0 aromatic heterocycles. The van der Waals surface area contributed by atoms with Crippen molar-refractivity contribution in [3.8, 4) is 0 Å². The predicted octanol–water partition coefficient (Wildman–Crippen LogP) is 4.51. The minimum Gasteiger partial charge on any atom is -0.324 e. The second-order valence-electron chi connectivity index (χ2n) is 5.24. The van der Waals surface area contributed by atoms with Crippen molar-refractivity contribution in [3.05, 3.63) is 69.2 Å². The smallest absolute Gasteiger partial charge is 0.0409 e. The van der Waals surface area contributed by atoms with Crippen molar-refractivity contribution in [1.82, 2.24) is 0 Å². The Morgan fingerprint density at radius 3 is 2.42 bits per heavy atom. The second-order valence-corrected chi connectivity index (χ2v) is 5.68. The Bertz CT molecular complexity index is 590. The van der Waals surface area contributed by atoms with Gasteiger partial charge in [-0.25, -0.2) is 0 Å².